The molecule has 2 N–H and O–H groups in total. The zero-order chi connectivity index (χ0) is 15.6. The number of rotatable bonds is 4. The predicted molar refractivity (Wildman–Crippen MR) is 84.6 cm³/mol. The first-order valence-electron chi connectivity index (χ1n) is 7.22. The van der Waals surface area contributed by atoms with Gasteiger partial charge in [-0.15, -0.1) is 0 Å². The van der Waals surface area contributed by atoms with Gasteiger partial charge in [-0.2, -0.15) is 5.10 Å². The summed E-state index contributed by atoms with van der Waals surface area (Å²) in [5.74, 6) is -0.0519. The lowest BCUT2D eigenvalue weighted by atomic mass is 9.82. The number of primary amides is 1. The summed E-state index contributed by atoms with van der Waals surface area (Å²) in [7, 11) is 0. The molecule has 1 aromatic heterocycles. The molecule has 0 saturated heterocycles. The summed E-state index contributed by atoms with van der Waals surface area (Å²) in [6.45, 7) is 8.95. The molecule has 0 saturated carbocycles. The Morgan fingerprint density at radius 1 is 1.33 bits per heavy atom. The first-order chi connectivity index (χ1) is 9.78. The molecule has 1 aromatic carbocycles. The first-order valence-corrected chi connectivity index (χ1v) is 7.22. The SMILES string of the molecule is CC(CC(C)(C)C)c1ccccc1-n1cc(C(N)=O)cn1. The van der Waals surface area contributed by atoms with Gasteiger partial charge in [-0.25, -0.2) is 4.68 Å². The summed E-state index contributed by atoms with van der Waals surface area (Å²) in [6, 6.07) is 8.16. The number of para-hydroxylation sites is 1. The molecular formula is C17H23N3O. The molecule has 4 heteroatoms. The van der Waals surface area contributed by atoms with Gasteiger partial charge in [-0.05, 0) is 29.4 Å². The lowest BCUT2D eigenvalue weighted by Gasteiger charge is -2.25. The number of hydrogen-bond acceptors (Lipinski definition) is 2. The fourth-order valence-electron chi connectivity index (χ4n) is 2.72. The maximum Gasteiger partial charge on any atom is 0.251 e. The van der Waals surface area contributed by atoms with Crippen LogP contribution in [0.15, 0.2) is 36.7 Å². The third-order valence-electron chi connectivity index (χ3n) is 3.50. The maximum atomic E-state index is 11.2. The third kappa shape index (κ3) is 3.72. The summed E-state index contributed by atoms with van der Waals surface area (Å²) in [6.07, 6.45) is 4.27. The average Bonchev–Trinajstić information content (AvgIpc) is 2.86. The van der Waals surface area contributed by atoms with Crippen LogP contribution in [0, 0.1) is 5.41 Å². The lowest BCUT2D eigenvalue weighted by molar-refractivity contribution is 0.100. The molecule has 0 spiro atoms. The van der Waals surface area contributed by atoms with Crippen LogP contribution < -0.4 is 5.73 Å². The molecule has 1 atom stereocenters. The zero-order valence-corrected chi connectivity index (χ0v) is 13.1. The number of hydrogen-bond donors (Lipinski definition) is 1. The van der Waals surface area contributed by atoms with Crippen molar-refractivity contribution >= 4 is 5.91 Å². The minimum absolute atomic E-state index is 0.259. The molecular weight excluding hydrogens is 262 g/mol. The van der Waals surface area contributed by atoms with Crippen molar-refractivity contribution in [3.8, 4) is 5.69 Å². The first kappa shape index (κ1) is 15.3. The van der Waals surface area contributed by atoms with Crippen molar-refractivity contribution < 1.29 is 4.79 Å². The number of amides is 1. The highest BCUT2D eigenvalue weighted by atomic mass is 16.1. The second kappa shape index (κ2) is 5.72. The number of nitrogens with two attached hydrogens (primary N) is 1. The van der Waals surface area contributed by atoms with Crippen LogP contribution in [0.2, 0.25) is 0 Å². The van der Waals surface area contributed by atoms with E-state index in [-0.39, 0.29) is 5.41 Å². The van der Waals surface area contributed by atoms with Gasteiger partial charge in [0.15, 0.2) is 0 Å². The van der Waals surface area contributed by atoms with E-state index in [0.717, 1.165) is 12.1 Å². The molecule has 4 nitrogen and oxygen atoms in total. The monoisotopic (exact) mass is 285 g/mol. The summed E-state index contributed by atoms with van der Waals surface area (Å²) in [5.41, 5.74) is 8.21. The average molecular weight is 285 g/mol. The Morgan fingerprint density at radius 2 is 2.00 bits per heavy atom. The van der Waals surface area contributed by atoms with Crippen LogP contribution >= 0.6 is 0 Å². The highest BCUT2D eigenvalue weighted by Gasteiger charge is 2.19. The lowest BCUT2D eigenvalue weighted by Crippen LogP contribution is -2.12. The quantitative estimate of drug-likeness (QED) is 0.934. The van der Waals surface area contributed by atoms with Gasteiger partial charge in [0.2, 0.25) is 0 Å². The largest absolute Gasteiger partial charge is 0.366 e. The van der Waals surface area contributed by atoms with E-state index in [0.29, 0.717) is 11.5 Å². The highest BCUT2D eigenvalue weighted by Crippen LogP contribution is 2.33. The molecule has 0 fully saturated rings. The van der Waals surface area contributed by atoms with Crippen molar-refractivity contribution in [2.24, 2.45) is 11.1 Å². The van der Waals surface area contributed by atoms with E-state index in [1.165, 1.54) is 11.8 Å². The van der Waals surface area contributed by atoms with E-state index in [1.54, 1.807) is 10.9 Å². The molecule has 1 amide bonds. The van der Waals surface area contributed by atoms with Crippen LogP contribution in [-0.2, 0) is 0 Å². The van der Waals surface area contributed by atoms with E-state index in [9.17, 15) is 4.79 Å². The number of carbonyl (C=O) groups is 1. The highest BCUT2D eigenvalue weighted by molar-refractivity contribution is 5.92. The van der Waals surface area contributed by atoms with Crippen LogP contribution in [0.5, 0.6) is 0 Å². The molecule has 2 rings (SSSR count). The molecule has 0 aliphatic rings. The molecule has 1 heterocycles. The van der Waals surface area contributed by atoms with Gasteiger partial charge in [0.25, 0.3) is 5.91 Å². The summed E-state index contributed by atoms with van der Waals surface area (Å²) in [4.78, 5) is 11.2. The second-order valence-electron chi connectivity index (χ2n) is 6.76. The number of carbonyl (C=O) groups excluding carboxylic acids is 1. The molecule has 0 bridgehead atoms. The van der Waals surface area contributed by atoms with E-state index in [1.807, 2.05) is 18.2 Å². The van der Waals surface area contributed by atoms with Crippen LogP contribution in [0.1, 0.15) is 56.0 Å². The molecule has 0 aliphatic carbocycles. The molecule has 0 radical (unpaired) electrons. The zero-order valence-electron chi connectivity index (χ0n) is 13.1. The Bertz CT molecular complexity index is 637. The van der Waals surface area contributed by atoms with Crippen molar-refractivity contribution in [3.63, 3.8) is 0 Å². The van der Waals surface area contributed by atoms with E-state index in [4.69, 9.17) is 5.73 Å². The fraction of sp³-hybridized carbons (Fsp3) is 0.412. The van der Waals surface area contributed by atoms with Gasteiger partial charge in [-0.3, -0.25) is 4.79 Å². The van der Waals surface area contributed by atoms with Crippen molar-refractivity contribution in [3.05, 3.63) is 47.8 Å². The molecule has 21 heavy (non-hydrogen) atoms. The standard InChI is InChI=1S/C17H23N3O/c1-12(9-17(2,3)4)14-7-5-6-8-15(14)20-11-13(10-19-20)16(18)21/h5-8,10-12H,9H2,1-4H3,(H2,18,21). The van der Waals surface area contributed by atoms with Crippen LogP contribution in [0.25, 0.3) is 5.69 Å². The Morgan fingerprint density at radius 3 is 2.57 bits per heavy atom. The number of benzene rings is 1. The van der Waals surface area contributed by atoms with Crippen molar-refractivity contribution in [1.82, 2.24) is 9.78 Å². The smallest absolute Gasteiger partial charge is 0.251 e. The van der Waals surface area contributed by atoms with Crippen molar-refractivity contribution in [1.29, 1.82) is 0 Å². The normalized spacial score (nSPS) is 13.1. The minimum atomic E-state index is -0.457. The van der Waals surface area contributed by atoms with Crippen molar-refractivity contribution in [2.45, 2.75) is 40.0 Å². The van der Waals surface area contributed by atoms with Gasteiger partial charge in [0.05, 0.1) is 17.4 Å². The minimum Gasteiger partial charge on any atom is -0.366 e. The van der Waals surface area contributed by atoms with Gasteiger partial charge >= 0.3 is 0 Å². The Hall–Kier alpha value is -2.10. The van der Waals surface area contributed by atoms with E-state index in [2.05, 4.69) is 38.9 Å². The van der Waals surface area contributed by atoms with Crippen LogP contribution in [-0.4, -0.2) is 15.7 Å². The number of aromatic nitrogens is 2. The maximum absolute atomic E-state index is 11.2. The van der Waals surface area contributed by atoms with Gasteiger partial charge in [0.1, 0.15) is 0 Å². The Kier molecular flexibility index (Phi) is 4.16. The number of nitrogens with zero attached hydrogens (tertiary/aromatic N) is 2. The molecule has 112 valence electrons. The van der Waals surface area contributed by atoms with Gasteiger partial charge in [0, 0.05) is 6.20 Å². The third-order valence-corrected chi connectivity index (χ3v) is 3.50. The second-order valence-corrected chi connectivity index (χ2v) is 6.76. The van der Waals surface area contributed by atoms with E-state index >= 15 is 0 Å². The summed E-state index contributed by atoms with van der Waals surface area (Å²) < 4.78 is 1.73. The van der Waals surface area contributed by atoms with Gasteiger partial charge < -0.3 is 5.73 Å². The Balaban J connectivity index is 2.38. The predicted octanol–water partition coefficient (Wildman–Crippen LogP) is 3.51. The van der Waals surface area contributed by atoms with E-state index < -0.39 is 5.91 Å². The van der Waals surface area contributed by atoms with Gasteiger partial charge in [-0.1, -0.05) is 45.9 Å². The fourth-order valence-corrected chi connectivity index (χ4v) is 2.72. The molecule has 1 unspecified atom stereocenters. The Labute approximate surface area is 126 Å². The summed E-state index contributed by atoms with van der Waals surface area (Å²) in [5, 5.41) is 4.26. The topological polar surface area (TPSA) is 60.9 Å². The molecule has 0 aliphatic heterocycles. The van der Waals surface area contributed by atoms with Crippen LogP contribution in [0.3, 0.4) is 0 Å². The molecule has 2 aromatic rings. The van der Waals surface area contributed by atoms with Crippen LogP contribution in [0.4, 0.5) is 0 Å². The summed E-state index contributed by atoms with van der Waals surface area (Å²) >= 11 is 0. The van der Waals surface area contributed by atoms with Crippen molar-refractivity contribution in [2.75, 3.05) is 0 Å².